The molecule has 2 nitrogen and oxygen atoms in total. The summed E-state index contributed by atoms with van der Waals surface area (Å²) < 4.78 is 36.0. The Morgan fingerprint density at radius 2 is 1.81 bits per heavy atom. The van der Waals surface area contributed by atoms with Crippen LogP contribution in [0.2, 0.25) is 0 Å². The zero-order valence-corrected chi connectivity index (χ0v) is 9.26. The summed E-state index contributed by atoms with van der Waals surface area (Å²) in [6.07, 6.45) is -0.348. The van der Waals surface area contributed by atoms with E-state index >= 15 is 0 Å². The molecule has 5 heteroatoms. The maximum absolute atomic E-state index is 12.0. The third-order valence-electron chi connectivity index (χ3n) is 4.04. The van der Waals surface area contributed by atoms with Crippen LogP contribution in [0.5, 0.6) is 0 Å². The number of alkyl halides is 3. The van der Waals surface area contributed by atoms with Crippen LogP contribution in [-0.2, 0) is 0 Å². The number of hydrazine groups is 1. The third kappa shape index (κ3) is 3.10. The molecule has 3 unspecified atom stereocenters. The Balaban J connectivity index is 1.69. The van der Waals surface area contributed by atoms with Crippen molar-refractivity contribution in [3.63, 3.8) is 0 Å². The average molecular weight is 236 g/mol. The van der Waals surface area contributed by atoms with Gasteiger partial charge in [0.25, 0.3) is 0 Å². The Hall–Kier alpha value is -0.290. The standard InChI is InChI=1S/C11H19F3N2/c12-11(13,14)3-1-2-10(16-15)9-5-7-4-8(7)6-9/h7-10,16H,1-6,15H2. The molecule has 0 aliphatic heterocycles. The lowest BCUT2D eigenvalue weighted by Crippen LogP contribution is -2.40. The zero-order chi connectivity index (χ0) is 11.8. The minimum absolute atomic E-state index is 0.0788. The first-order valence-corrected chi connectivity index (χ1v) is 6.02. The topological polar surface area (TPSA) is 38.0 Å². The van der Waals surface area contributed by atoms with Gasteiger partial charge in [-0.25, -0.2) is 0 Å². The molecule has 0 saturated heterocycles. The molecule has 2 rings (SSSR count). The fraction of sp³-hybridized carbons (Fsp3) is 1.00. The van der Waals surface area contributed by atoms with Gasteiger partial charge in [-0.1, -0.05) is 0 Å². The lowest BCUT2D eigenvalue weighted by Gasteiger charge is -2.24. The second-order valence-corrected chi connectivity index (χ2v) is 5.27. The first-order chi connectivity index (χ1) is 7.49. The van der Waals surface area contributed by atoms with Gasteiger partial charge in [-0.15, -0.1) is 0 Å². The fourth-order valence-corrected chi connectivity index (χ4v) is 3.07. The van der Waals surface area contributed by atoms with Gasteiger partial charge in [0.2, 0.25) is 0 Å². The molecule has 3 atom stereocenters. The van der Waals surface area contributed by atoms with Gasteiger partial charge >= 0.3 is 6.18 Å². The van der Waals surface area contributed by atoms with E-state index in [1.807, 2.05) is 0 Å². The van der Waals surface area contributed by atoms with Crippen molar-refractivity contribution in [1.82, 2.24) is 5.43 Å². The average Bonchev–Trinajstić information content (AvgIpc) is 2.79. The van der Waals surface area contributed by atoms with E-state index in [0.717, 1.165) is 24.7 Å². The van der Waals surface area contributed by atoms with Crippen LogP contribution in [0, 0.1) is 17.8 Å². The summed E-state index contributed by atoms with van der Waals surface area (Å²) in [5, 5.41) is 0. The quantitative estimate of drug-likeness (QED) is 0.569. The molecule has 0 heterocycles. The van der Waals surface area contributed by atoms with Crippen molar-refractivity contribution in [1.29, 1.82) is 0 Å². The fourth-order valence-electron chi connectivity index (χ4n) is 3.07. The molecular formula is C11H19F3N2. The number of rotatable bonds is 5. The van der Waals surface area contributed by atoms with Crippen molar-refractivity contribution in [2.45, 2.75) is 50.7 Å². The van der Waals surface area contributed by atoms with Crippen molar-refractivity contribution in [3.05, 3.63) is 0 Å². The van der Waals surface area contributed by atoms with Gasteiger partial charge in [0.05, 0.1) is 0 Å². The van der Waals surface area contributed by atoms with Gasteiger partial charge < -0.3 is 0 Å². The van der Waals surface area contributed by atoms with Gasteiger partial charge in [-0.3, -0.25) is 11.3 Å². The molecule has 0 spiro atoms. The lowest BCUT2D eigenvalue weighted by atomic mass is 9.91. The van der Waals surface area contributed by atoms with E-state index in [2.05, 4.69) is 5.43 Å². The van der Waals surface area contributed by atoms with E-state index in [-0.39, 0.29) is 12.5 Å². The number of fused-ring (bicyclic) bond motifs is 1. The molecule has 0 aromatic heterocycles. The minimum atomic E-state index is -4.03. The molecule has 2 fully saturated rings. The highest BCUT2D eigenvalue weighted by molar-refractivity contribution is 4.98. The molecule has 2 aliphatic rings. The normalized spacial score (nSPS) is 34.9. The van der Waals surface area contributed by atoms with Gasteiger partial charge in [0.15, 0.2) is 0 Å². The van der Waals surface area contributed by atoms with Gasteiger partial charge in [-0.05, 0) is 49.9 Å². The molecule has 0 bridgehead atoms. The molecule has 0 radical (unpaired) electrons. The van der Waals surface area contributed by atoms with Crippen LogP contribution in [-0.4, -0.2) is 12.2 Å². The number of halogens is 3. The van der Waals surface area contributed by atoms with Crippen molar-refractivity contribution < 1.29 is 13.2 Å². The predicted octanol–water partition coefficient (Wildman–Crippen LogP) is 2.60. The van der Waals surface area contributed by atoms with Crippen LogP contribution in [0.3, 0.4) is 0 Å². The molecular weight excluding hydrogens is 217 g/mol. The SMILES string of the molecule is NNC(CCCC(F)(F)F)C1CC2CC2C1. The van der Waals surface area contributed by atoms with Crippen molar-refractivity contribution in [2.75, 3.05) is 0 Å². The van der Waals surface area contributed by atoms with Gasteiger partial charge in [-0.2, -0.15) is 13.2 Å². The Labute approximate surface area is 93.7 Å². The molecule has 0 aromatic carbocycles. The molecule has 2 aliphatic carbocycles. The predicted molar refractivity (Wildman–Crippen MR) is 55.3 cm³/mol. The van der Waals surface area contributed by atoms with E-state index in [9.17, 15) is 13.2 Å². The van der Waals surface area contributed by atoms with Crippen LogP contribution in [0.1, 0.15) is 38.5 Å². The highest BCUT2D eigenvalue weighted by atomic mass is 19.4. The smallest absolute Gasteiger partial charge is 0.271 e. The number of hydrogen-bond acceptors (Lipinski definition) is 2. The number of nitrogens with two attached hydrogens (primary N) is 1. The summed E-state index contributed by atoms with van der Waals surface area (Å²) in [6, 6.07) is 0.0788. The maximum atomic E-state index is 12.0. The van der Waals surface area contributed by atoms with Crippen LogP contribution in [0.25, 0.3) is 0 Å². The monoisotopic (exact) mass is 236 g/mol. The van der Waals surface area contributed by atoms with E-state index in [1.54, 1.807) is 0 Å². The molecule has 3 N–H and O–H groups in total. The van der Waals surface area contributed by atoms with E-state index in [0.29, 0.717) is 12.3 Å². The summed E-state index contributed by atoms with van der Waals surface area (Å²) in [7, 11) is 0. The van der Waals surface area contributed by atoms with Crippen molar-refractivity contribution in [2.24, 2.45) is 23.6 Å². The lowest BCUT2D eigenvalue weighted by molar-refractivity contribution is -0.136. The van der Waals surface area contributed by atoms with Crippen LogP contribution in [0.4, 0.5) is 13.2 Å². The molecule has 94 valence electrons. The highest BCUT2D eigenvalue weighted by Crippen LogP contribution is 2.55. The minimum Gasteiger partial charge on any atom is -0.271 e. The first-order valence-electron chi connectivity index (χ1n) is 6.02. The number of hydrogen-bond donors (Lipinski definition) is 2. The summed E-state index contributed by atoms with van der Waals surface area (Å²) in [5.74, 6) is 7.63. The largest absolute Gasteiger partial charge is 0.389 e. The van der Waals surface area contributed by atoms with Crippen molar-refractivity contribution in [3.8, 4) is 0 Å². The summed E-state index contributed by atoms with van der Waals surface area (Å²) >= 11 is 0. The van der Waals surface area contributed by atoms with E-state index < -0.39 is 12.6 Å². The summed E-state index contributed by atoms with van der Waals surface area (Å²) in [5.41, 5.74) is 2.70. The van der Waals surface area contributed by atoms with Gasteiger partial charge in [0, 0.05) is 12.5 Å². The zero-order valence-electron chi connectivity index (χ0n) is 9.26. The Kier molecular flexibility index (Phi) is 3.45. The summed E-state index contributed by atoms with van der Waals surface area (Å²) in [6.45, 7) is 0. The number of nitrogens with one attached hydrogen (secondary N) is 1. The Morgan fingerprint density at radius 3 is 2.31 bits per heavy atom. The van der Waals surface area contributed by atoms with Gasteiger partial charge in [0.1, 0.15) is 0 Å². The van der Waals surface area contributed by atoms with Crippen LogP contribution < -0.4 is 11.3 Å². The second-order valence-electron chi connectivity index (χ2n) is 5.27. The molecule has 16 heavy (non-hydrogen) atoms. The van der Waals surface area contributed by atoms with Crippen molar-refractivity contribution >= 4 is 0 Å². The van der Waals surface area contributed by atoms with E-state index in [4.69, 9.17) is 5.84 Å². The summed E-state index contributed by atoms with van der Waals surface area (Å²) in [4.78, 5) is 0. The highest BCUT2D eigenvalue weighted by Gasteiger charge is 2.47. The molecule has 2 saturated carbocycles. The maximum Gasteiger partial charge on any atom is 0.389 e. The Morgan fingerprint density at radius 1 is 1.19 bits per heavy atom. The van der Waals surface area contributed by atoms with Crippen LogP contribution >= 0.6 is 0 Å². The van der Waals surface area contributed by atoms with Crippen LogP contribution in [0.15, 0.2) is 0 Å². The van der Waals surface area contributed by atoms with E-state index in [1.165, 1.54) is 6.42 Å². The molecule has 0 aromatic rings. The first kappa shape index (κ1) is 12.2. The Bertz CT molecular complexity index is 232. The molecule has 0 amide bonds. The third-order valence-corrected chi connectivity index (χ3v) is 4.04. The second kappa shape index (κ2) is 4.53.